The number of carbonyl (C=O) groups is 1. The Balaban J connectivity index is -0.000000347. The van der Waals surface area contributed by atoms with Crippen molar-refractivity contribution in [2.45, 2.75) is 109 Å². The highest BCUT2D eigenvalue weighted by atomic mass is 16.5. The van der Waals surface area contributed by atoms with E-state index in [4.69, 9.17) is 0 Å². The van der Waals surface area contributed by atoms with E-state index >= 15 is 0 Å². The summed E-state index contributed by atoms with van der Waals surface area (Å²) in [6, 6.07) is 0. The molecule has 0 aromatic heterocycles. The predicted molar refractivity (Wildman–Crippen MR) is 128 cm³/mol. The molecule has 0 fully saturated rings. The lowest BCUT2D eigenvalue weighted by molar-refractivity contribution is -0.141. The Bertz CT molecular complexity index is 458. The Hall–Kier alpha value is -1.05. The van der Waals surface area contributed by atoms with Gasteiger partial charge in [0.15, 0.2) is 0 Å². The van der Waals surface area contributed by atoms with Crippen molar-refractivity contribution < 1.29 is 9.53 Å². The van der Waals surface area contributed by atoms with Gasteiger partial charge >= 0.3 is 5.97 Å². The van der Waals surface area contributed by atoms with Crippen LogP contribution in [0.2, 0.25) is 0 Å². The van der Waals surface area contributed by atoms with Crippen LogP contribution >= 0.6 is 0 Å². The third kappa shape index (κ3) is 36.0. The summed E-state index contributed by atoms with van der Waals surface area (Å²) in [6.45, 7) is 32.1. The lowest BCUT2D eigenvalue weighted by Gasteiger charge is -2.22. The standard InChI is InChI=1S/C10H20O2.2C8H16/c1-8(6-9(11)12-5)7-10(2,3)4;2*1-7(2)6-8(3,4)5/h8H,6-7H2,1-5H3;6H,1-5H3;1,6H2,2-5H3. The van der Waals surface area contributed by atoms with Crippen molar-refractivity contribution in [3.05, 3.63) is 23.8 Å². The summed E-state index contributed by atoms with van der Waals surface area (Å²) >= 11 is 0. The minimum absolute atomic E-state index is 0.105. The molecule has 2 nitrogen and oxygen atoms in total. The van der Waals surface area contributed by atoms with Gasteiger partial charge < -0.3 is 4.74 Å². The zero-order valence-corrected chi connectivity index (χ0v) is 21.8. The van der Waals surface area contributed by atoms with E-state index in [1.807, 2.05) is 0 Å². The van der Waals surface area contributed by atoms with E-state index in [2.05, 4.69) is 107 Å². The van der Waals surface area contributed by atoms with E-state index in [1.54, 1.807) is 0 Å². The lowest BCUT2D eigenvalue weighted by Crippen LogP contribution is -2.14. The van der Waals surface area contributed by atoms with Gasteiger partial charge in [0.05, 0.1) is 7.11 Å². The first-order chi connectivity index (χ1) is 12.2. The molecule has 0 saturated carbocycles. The van der Waals surface area contributed by atoms with Crippen LogP contribution in [0, 0.1) is 22.2 Å². The van der Waals surface area contributed by atoms with Crippen LogP contribution in [0.1, 0.15) is 109 Å². The fourth-order valence-corrected chi connectivity index (χ4v) is 3.26. The average Bonchev–Trinajstić information content (AvgIpc) is 2.30. The van der Waals surface area contributed by atoms with Gasteiger partial charge in [0.1, 0.15) is 0 Å². The molecule has 2 heteroatoms. The number of methoxy groups -OCH3 is 1. The maximum absolute atomic E-state index is 10.9. The molecule has 28 heavy (non-hydrogen) atoms. The zero-order chi connectivity index (χ0) is 23.3. The van der Waals surface area contributed by atoms with Crippen LogP contribution in [-0.4, -0.2) is 13.1 Å². The van der Waals surface area contributed by atoms with E-state index in [0.717, 1.165) is 12.8 Å². The van der Waals surface area contributed by atoms with Crippen molar-refractivity contribution in [1.82, 2.24) is 0 Å². The SMILES string of the molecule is C=C(C)CC(C)(C)C.CC(C)=CC(C)(C)C.COC(=O)CC(C)CC(C)(C)C. The summed E-state index contributed by atoms with van der Waals surface area (Å²) in [5.74, 6) is 0.309. The molecule has 168 valence electrons. The fraction of sp³-hybridized carbons (Fsp3) is 0.808. The average molecular weight is 397 g/mol. The molecular weight excluding hydrogens is 344 g/mol. The molecule has 0 bridgehead atoms. The maximum atomic E-state index is 10.9. The molecule has 0 radical (unpaired) electrons. The number of ether oxygens (including phenoxy) is 1. The third-order valence-electron chi connectivity index (χ3n) is 3.26. The van der Waals surface area contributed by atoms with Gasteiger partial charge in [0.2, 0.25) is 0 Å². The van der Waals surface area contributed by atoms with E-state index in [0.29, 0.717) is 28.6 Å². The van der Waals surface area contributed by atoms with Crippen LogP contribution in [-0.2, 0) is 9.53 Å². The molecule has 0 rings (SSSR count). The van der Waals surface area contributed by atoms with Gasteiger partial charge in [-0.15, -0.1) is 6.58 Å². The molecule has 0 N–H and O–H groups in total. The van der Waals surface area contributed by atoms with Crippen LogP contribution < -0.4 is 0 Å². The van der Waals surface area contributed by atoms with Crippen molar-refractivity contribution in [3.8, 4) is 0 Å². The Morgan fingerprint density at radius 1 is 0.929 bits per heavy atom. The summed E-state index contributed by atoms with van der Waals surface area (Å²) in [4.78, 5) is 10.9. The summed E-state index contributed by atoms with van der Waals surface area (Å²) < 4.78 is 4.60. The highest BCUT2D eigenvalue weighted by molar-refractivity contribution is 5.69. The third-order valence-corrected chi connectivity index (χ3v) is 3.26. The second-order valence-corrected chi connectivity index (χ2v) is 11.9. The number of esters is 1. The van der Waals surface area contributed by atoms with E-state index < -0.39 is 0 Å². The topological polar surface area (TPSA) is 26.3 Å². The highest BCUT2D eigenvalue weighted by Crippen LogP contribution is 2.26. The first-order valence-corrected chi connectivity index (χ1v) is 10.6. The van der Waals surface area contributed by atoms with Crippen LogP contribution in [0.5, 0.6) is 0 Å². The number of hydrogen-bond donors (Lipinski definition) is 0. The lowest BCUT2D eigenvalue weighted by atomic mass is 9.84. The molecule has 0 aliphatic carbocycles. The van der Waals surface area contributed by atoms with E-state index in [-0.39, 0.29) is 5.97 Å². The highest BCUT2D eigenvalue weighted by Gasteiger charge is 2.17. The van der Waals surface area contributed by atoms with Crippen LogP contribution in [0.3, 0.4) is 0 Å². The van der Waals surface area contributed by atoms with Gasteiger partial charge in [-0.3, -0.25) is 4.79 Å². The molecule has 1 unspecified atom stereocenters. The fourth-order valence-electron chi connectivity index (χ4n) is 3.26. The quantitative estimate of drug-likeness (QED) is 0.351. The van der Waals surface area contributed by atoms with Gasteiger partial charge in [-0.1, -0.05) is 86.5 Å². The number of rotatable bonds is 4. The molecule has 0 aromatic carbocycles. The zero-order valence-electron chi connectivity index (χ0n) is 21.8. The van der Waals surface area contributed by atoms with Crippen molar-refractivity contribution in [2.24, 2.45) is 22.2 Å². The van der Waals surface area contributed by atoms with Crippen LogP contribution in [0.4, 0.5) is 0 Å². The molecule has 0 spiro atoms. The monoisotopic (exact) mass is 396 g/mol. The maximum Gasteiger partial charge on any atom is 0.305 e. The summed E-state index contributed by atoms with van der Waals surface area (Å²) in [6.07, 6.45) is 5.00. The molecule has 0 aliphatic rings. The summed E-state index contributed by atoms with van der Waals surface area (Å²) in [5.41, 5.74) is 3.76. The Morgan fingerprint density at radius 2 is 1.36 bits per heavy atom. The first kappa shape index (κ1) is 31.6. The Labute approximate surface area is 178 Å². The van der Waals surface area contributed by atoms with Gasteiger partial charge in [-0.25, -0.2) is 0 Å². The van der Waals surface area contributed by atoms with Crippen molar-refractivity contribution in [1.29, 1.82) is 0 Å². The number of allylic oxidation sites excluding steroid dienone is 3. The molecule has 0 saturated heterocycles. The first-order valence-electron chi connectivity index (χ1n) is 10.6. The van der Waals surface area contributed by atoms with Crippen LogP contribution in [0.15, 0.2) is 23.8 Å². The Kier molecular flexibility index (Phi) is 15.8. The molecule has 0 aromatic rings. The van der Waals surface area contributed by atoms with Crippen molar-refractivity contribution in [2.75, 3.05) is 7.11 Å². The van der Waals surface area contributed by atoms with Gasteiger partial charge in [-0.2, -0.15) is 0 Å². The minimum atomic E-state index is -0.105. The normalized spacial score (nSPS) is 12.5. The molecule has 0 heterocycles. The number of carbonyl (C=O) groups excluding carboxylic acids is 1. The molecule has 0 amide bonds. The molecular formula is C26H52O2. The predicted octanol–water partition coefficient (Wildman–Crippen LogP) is 8.62. The largest absolute Gasteiger partial charge is 0.469 e. The van der Waals surface area contributed by atoms with Gasteiger partial charge in [-0.05, 0) is 55.8 Å². The second kappa shape index (κ2) is 14.0. The minimum Gasteiger partial charge on any atom is -0.469 e. The molecule has 0 aliphatic heterocycles. The van der Waals surface area contributed by atoms with Crippen LogP contribution in [0.25, 0.3) is 0 Å². The molecule has 1 atom stereocenters. The van der Waals surface area contributed by atoms with Crippen molar-refractivity contribution >= 4 is 5.97 Å². The van der Waals surface area contributed by atoms with Crippen molar-refractivity contribution in [3.63, 3.8) is 0 Å². The summed E-state index contributed by atoms with van der Waals surface area (Å²) in [7, 11) is 1.44. The second-order valence-electron chi connectivity index (χ2n) is 11.9. The Morgan fingerprint density at radius 3 is 1.50 bits per heavy atom. The number of hydrogen-bond acceptors (Lipinski definition) is 2. The van der Waals surface area contributed by atoms with Gasteiger partial charge in [0, 0.05) is 6.42 Å². The van der Waals surface area contributed by atoms with Gasteiger partial charge in [0.25, 0.3) is 0 Å². The van der Waals surface area contributed by atoms with E-state index in [9.17, 15) is 4.79 Å². The van der Waals surface area contributed by atoms with E-state index in [1.165, 1.54) is 18.3 Å². The smallest absolute Gasteiger partial charge is 0.305 e. The summed E-state index contributed by atoms with van der Waals surface area (Å²) in [5, 5.41) is 0.